The lowest BCUT2D eigenvalue weighted by Crippen LogP contribution is -2.42. The standard InChI is InChI=1S/C15H31BrN2/c1-4-14(5-2)18(13-10-16)12-9-15-8-6-7-11-17(15)3/h14-15H,4-13H2,1-3H3. The summed E-state index contributed by atoms with van der Waals surface area (Å²) in [6.07, 6.45) is 8.14. The second-order valence-corrected chi connectivity index (χ2v) is 6.41. The Morgan fingerprint density at radius 1 is 1.22 bits per heavy atom. The fourth-order valence-corrected chi connectivity index (χ4v) is 3.67. The van der Waals surface area contributed by atoms with Crippen LogP contribution in [0.5, 0.6) is 0 Å². The lowest BCUT2D eigenvalue weighted by Gasteiger charge is -2.36. The van der Waals surface area contributed by atoms with Crippen LogP contribution >= 0.6 is 15.9 Å². The summed E-state index contributed by atoms with van der Waals surface area (Å²) in [6, 6.07) is 1.60. The molecule has 3 heteroatoms. The van der Waals surface area contributed by atoms with Gasteiger partial charge in [0.25, 0.3) is 0 Å². The summed E-state index contributed by atoms with van der Waals surface area (Å²) in [7, 11) is 2.30. The van der Waals surface area contributed by atoms with Crippen molar-refractivity contribution in [3.05, 3.63) is 0 Å². The Morgan fingerprint density at radius 3 is 2.50 bits per heavy atom. The summed E-state index contributed by atoms with van der Waals surface area (Å²) < 4.78 is 0. The molecule has 1 heterocycles. The Bertz CT molecular complexity index is 207. The van der Waals surface area contributed by atoms with Crippen LogP contribution in [-0.2, 0) is 0 Å². The van der Waals surface area contributed by atoms with Gasteiger partial charge in [0.1, 0.15) is 0 Å². The minimum atomic E-state index is 0.774. The molecule has 0 aromatic carbocycles. The van der Waals surface area contributed by atoms with Crippen LogP contribution in [0, 0.1) is 0 Å². The van der Waals surface area contributed by atoms with Crippen molar-refractivity contribution < 1.29 is 0 Å². The van der Waals surface area contributed by atoms with Crippen molar-refractivity contribution in [2.75, 3.05) is 32.0 Å². The van der Waals surface area contributed by atoms with Gasteiger partial charge in [0.2, 0.25) is 0 Å². The van der Waals surface area contributed by atoms with Crippen molar-refractivity contribution in [1.82, 2.24) is 9.80 Å². The van der Waals surface area contributed by atoms with Gasteiger partial charge in [-0.05, 0) is 52.2 Å². The SMILES string of the molecule is CCC(CC)N(CCBr)CCC1CCCCN1C. The van der Waals surface area contributed by atoms with Crippen molar-refractivity contribution in [2.24, 2.45) is 0 Å². The van der Waals surface area contributed by atoms with E-state index in [0.29, 0.717) is 0 Å². The monoisotopic (exact) mass is 318 g/mol. The van der Waals surface area contributed by atoms with Crippen molar-refractivity contribution >= 4 is 15.9 Å². The Kier molecular flexibility index (Phi) is 8.53. The molecule has 1 unspecified atom stereocenters. The summed E-state index contributed by atoms with van der Waals surface area (Å²) in [5.74, 6) is 0. The first-order valence-corrected chi connectivity index (χ1v) is 8.85. The molecular weight excluding hydrogens is 288 g/mol. The molecule has 0 N–H and O–H groups in total. The first-order valence-electron chi connectivity index (χ1n) is 7.73. The van der Waals surface area contributed by atoms with Gasteiger partial charge in [-0.1, -0.05) is 36.2 Å². The predicted molar refractivity (Wildman–Crippen MR) is 84.6 cm³/mol. The number of nitrogens with zero attached hydrogens (tertiary/aromatic N) is 2. The van der Waals surface area contributed by atoms with Gasteiger partial charge in [0.05, 0.1) is 0 Å². The second-order valence-electron chi connectivity index (χ2n) is 5.61. The minimum absolute atomic E-state index is 0.774. The van der Waals surface area contributed by atoms with Crippen LogP contribution in [0.3, 0.4) is 0 Å². The average molecular weight is 319 g/mol. The van der Waals surface area contributed by atoms with E-state index in [1.54, 1.807) is 0 Å². The van der Waals surface area contributed by atoms with Crippen LogP contribution in [0.4, 0.5) is 0 Å². The lowest BCUT2D eigenvalue weighted by atomic mass is 9.99. The van der Waals surface area contributed by atoms with Crippen molar-refractivity contribution in [3.8, 4) is 0 Å². The maximum absolute atomic E-state index is 3.60. The van der Waals surface area contributed by atoms with Crippen LogP contribution < -0.4 is 0 Å². The molecule has 1 fully saturated rings. The summed E-state index contributed by atoms with van der Waals surface area (Å²) >= 11 is 3.60. The number of alkyl halides is 1. The molecule has 2 nitrogen and oxygen atoms in total. The van der Waals surface area contributed by atoms with E-state index >= 15 is 0 Å². The average Bonchev–Trinajstić information content (AvgIpc) is 2.39. The van der Waals surface area contributed by atoms with Crippen LogP contribution in [0.15, 0.2) is 0 Å². The van der Waals surface area contributed by atoms with E-state index in [9.17, 15) is 0 Å². The molecule has 1 rings (SSSR count). The van der Waals surface area contributed by atoms with Crippen LogP contribution in [0.2, 0.25) is 0 Å². The zero-order valence-corrected chi connectivity index (χ0v) is 14.1. The summed E-state index contributed by atoms with van der Waals surface area (Å²) in [5.41, 5.74) is 0. The molecule has 0 bridgehead atoms. The fourth-order valence-electron chi connectivity index (χ4n) is 3.21. The number of hydrogen-bond donors (Lipinski definition) is 0. The van der Waals surface area contributed by atoms with Gasteiger partial charge in [-0.3, -0.25) is 4.90 Å². The third-order valence-electron chi connectivity index (χ3n) is 4.50. The maximum Gasteiger partial charge on any atom is 0.0159 e. The van der Waals surface area contributed by atoms with E-state index in [1.807, 2.05) is 0 Å². The van der Waals surface area contributed by atoms with E-state index in [4.69, 9.17) is 0 Å². The highest BCUT2D eigenvalue weighted by molar-refractivity contribution is 9.09. The van der Waals surface area contributed by atoms with Crippen molar-refractivity contribution in [1.29, 1.82) is 0 Å². The molecule has 0 aliphatic carbocycles. The summed E-state index contributed by atoms with van der Waals surface area (Å²) in [6.45, 7) is 8.41. The Balaban J connectivity index is 2.40. The van der Waals surface area contributed by atoms with Gasteiger partial charge in [-0.2, -0.15) is 0 Å². The normalized spacial score (nSPS) is 22.0. The second kappa shape index (κ2) is 9.33. The molecule has 0 spiro atoms. The van der Waals surface area contributed by atoms with Gasteiger partial charge in [0, 0.05) is 24.0 Å². The first kappa shape index (κ1) is 16.5. The third-order valence-corrected chi connectivity index (χ3v) is 4.86. The molecule has 0 radical (unpaired) electrons. The van der Waals surface area contributed by atoms with Gasteiger partial charge in [-0.25, -0.2) is 0 Å². The topological polar surface area (TPSA) is 6.48 Å². The highest BCUT2D eigenvalue weighted by atomic mass is 79.9. The number of rotatable bonds is 8. The fraction of sp³-hybridized carbons (Fsp3) is 1.00. The smallest absolute Gasteiger partial charge is 0.0159 e. The number of piperidine rings is 1. The molecule has 0 aromatic heterocycles. The molecule has 1 aliphatic heterocycles. The molecule has 1 aliphatic rings. The van der Waals surface area contributed by atoms with E-state index in [0.717, 1.165) is 17.4 Å². The molecular formula is C15H31BrN2. The van der Waals surface area contributed by atoms with Gasteiger partial charge in [-0.15, -0.1) is 0 Å². The van der Waals surface area contributed by atoms with E-state index in [1.165, 1.54) is 58.2 Å². The molecule has 0 aromatic rings. The quantitative estimate of drug-likeness (QED) is 0.629. The highest BCUT2D eigenvalue weighted by Crippen LogP contribution is 2.19. The van der Waals surface area contributed by atoms with E-state index < -0.39 is 0 Å². The van der Waals surface area contributed by atoms with Crippen molar-refractivity contribution in [2.45, 2.75) is 64.5 Å². The van der Waals surface area contributed by atoms with Crippen molar-refractivity contribution in [3.63, 3.8) is 0 Å². The van der Waals surface area contributed by atoms with Gasteiger partial charge in [0.15, 0.2) is 0 Å². The Morgan fingerprint density at radius 2 is 1.94 bits per heavy atom. The number of likely N-dealkylation sites (tertiary alicyclic amines) is 1. The molecule has 1 atom stereocenters. The molecule has 1 saturated heterocycles. The van der Waals surface area contributed by atoms with E-state index in [2.05, 4.69) is 46.6 Å². The predicted octanol–water partition coefficient (Wildman–Crippen LogP) is 3.75. The highest BCUT2D eigenvalue weighted by Gasteiger charge is 2.21. The molecule has 0 saturated carbocycles. The third kappa shape index (κ3) is 5.18. The molecule has 18 heavy (non-hydrogen) atoms. The number of hydrogen-bond acceptors (Lipinski definition) is 2. The Hall–Kier alpha value is 0.400. The summed E-state index contributed by atoms with van der Waals surface area (Å²) in [4.78, 5) is 5.26. The van der Waals surface area contributed by atoms with Gasteiger partial charge >= 0.3 is 0 Å². The summed E-state index contributed by atoms with van der Waals surface area (Å²) in [5, 5.41) is 1.10. The molecule has 0 amide bonds. The van der Waals surface area contributed by atoms with Crippen LogP contribution in [-0.4, -0.2) is 53.9 Å². The largest absolute Gasteiger partial charge is 0.303 e. The van der Waals surface area contributed by atoms with E-state index in [-0.39, 0.29) is 0 Å². The zero-order valence-electron chi connectivity index (χ0n) is 12.5. The minimum Gasteiger partial charge on any atom is -0.303 e. The molecule has 108 valence electrons. The Labute approximate surface area is 122 Å². The first-order chi connectivity index (χ1) is 8.72. The lowest BCUT2D eigenvalue weighted by molar-refractivity contribution is 0.135. The van der Waals surface area contributed by atoms with Crippen LogP contribution in [0.25, 0.3) is 0 Å². The maximum atomic E-state index is 3.60. The number of halogens is 1. The van der Waals surface area contributed by atoms with Gasteiger partial charge < -0.3 is 4.90 Å². The van der Waals surface area contributed by atoms with Crippen LogP contribution in [0.1, 0.15) is 52.4 Å². The zero-order chi connectivity index (χ0) is 13.4.